The second kappa shape index (κ2) is 4.34. The Morgan fingerprint density at radius 3 is 2.82 bits per heavy atom. The van der Waals surface area contributed by atoms with Crippen molar-refractivity contribution in [1.82, 2.24) is 10.3 Å². The molecule has 3 heteroatoms. The Hall–Kier alpha value is -1.61. The first kappa shape index (κ1) is 10.5. The fourth-order valence-electron chi connectivity index (χ4n) is 2.50. The van der Waals surface area contributed by atoms with Crippen LogP contribution in [0.2, 0.25) is 0 Å². The highest BCUT2D eigenvalue weighted by molar-refractivity contribution is 5.94. The van der Waals surface area contributed by atoms with E-state index >= 15 is 0 Å². The van der Waals surface area contributed by atoms with Gasteiger partial charge in [-0.1, -0.05) is 18.2 Å². The van der Waals surface area contributed by atoms with Crippen LogP contribution in [0.25, 0.3) is 10.8 Å². The number of pyridine rings is 1. The highest BCUT2D eigenvalue weighted by atomic mass is 15.2. The molecule has 1 aliphatic heterocycles. The minimum atomic E-state index is 1.04. The number of nitrogens with zero attached hydrogens (tertiary/aromatic N) is 2. The van der Waals surface area contributed by atoms with Gasteiger partial charge in [-0.15, -0.1) is 0 Å². The number of nitrogens with one attached hydrogen (secondary N) is 1. The molecule has 3 nitrogen and oxygen atoms in total. The van der Waals surface area contributed by atoms with Crippen molar-refractivity contribution in [3.05, 3.63) is 36.0 Å². The van der Waals surface area contributed by atoms with Gasteiger partial charge in [-0.05, 0) is 23.9 Å². The molecule has 0 unspecified atom stereocenters. The number of fused-ring (bicyclic) bond motifs is 1. The summed E-state index contributed by atoms with van der Waals surface area (Å²) in [7, 11) is 0. The first-order chi connectivity index (χ1) is 8.36. The van der Waals surface area contributed by atoms with Crippen LogP contribution in [0.4, 0.5) is 5.82 Å². The molecule has 1 saturated heterocycles. The van der Waals surface area contributed by atoms with Crippen LogP contribution >= 0.6 is 0 Å². The fourth-order valence-corrected chi connectivity index (χ4v) is 2.50. The summed E-state index contributed by atoms with van der Waals surface area (Å²) >= 11 is 0. The summed E-state index contributed by atoms with van der Waals surface area (Å²) in [5, 5.41) is 5.97. The highest BCUT2D eigenvalue weighted by Gasteiger charge is 2.15. The van der Waals surface area contributed by atoms with Gasteiger partial charge < -0.3 is 10.2 Å². The minimum Gasteiger partial charge on any atom is -0.354 e. The molecule has 2 heterocycles. The van der Waals surface area contributed by atoms with Crippen LogP contribution in [0, 0.1) is 6.92 Å². The van der Waals surface area contributed by atoms with Gasteiger partial charge in [-0.25, -0.2) is 4.98 Å². The van der Waals surface area contributed by atoms with E-state index in [2.05, 4.69) is 46.4 Å². The van der Waals surface area contributed by atoms with Crippen LogP contribution in [0.1, 0.15) is 5.56 Å². The predicted molar refractivity (Wildman–Crippen MR) is 71.6 cm³/mol. The quantitative estimate of drug-likeness (QED) is 0.807. The average molecular weight is 227 g/mol. The molecular formula is C14H17N3. The summed E-state index contributed by atoms with van der Waals surface area (Å²) in [6.45, 7) is 6.34. The molecular weight excluding hydrogens is 210 g/mol. The van der Waals surface area contributed by atoms with Gasteiger partial charge in [0.1, 0.15) is 5.82 Å². The summed E-state index contributed by atoms with van der Waals surface area (Å²) < 4.78 is 0. The van der Waals surface area contributed by atoms with E-state index in [1.807, 2.05) is 6.20 Å². The third-order valence-corrected chi connectivity index (χ3v) is 3.40. The Balaban J connectivity index is 2.14. The average Bonchev–Trinajstić information content (AvgIpc) is 2.39. The lowest BCUT2D eigenvalue weighted by Crippen LogP contribution is -2.44. The van der Waals surface area contributed by atoms with E-state index in [0.717, 1.165) is 32.0 Å². The van der Waals surface area contributed by atoms with Crippen molar-refractivity contribution < 1.29 is 0 Å². The molecule has 1 aliphatic rings. The number of hydrogen-bond acceptors (Lipinski definition) is 3. The molecule has 2 aromatic rings. The van der Waals surface area contributed by atoms with E-state index < -0.39 is 0 Å². The van der Waals surface area contributed by atoms with Crippen LogP contribution in [0.3, 0.4) is 0 Å². The Bertz CT molecular complexity index is 525. The maximum Gasteiger partial charge on any atom is 0.136 e. The number of hydrogen-bond donors (Lipinski definition) is 1. The third-order valence-electron chi connectivity index (χ3n) is 3.40. The van der Waals surface area contributed by atoms with Crippen molar-refractivity contribution in [2.24, 2.45) is 0 Å². The van der Waals surface area contributed by atoms with Crippen LogP contribution < -0.4 is 10.2 Å². The number of aryl methyl sites for hydroxylation is 1. The molecule has 17 heavy (non-hydrogen) atoms. The zero-order valence-corrected chi connectivity index (χ0v) is 10.1. The van der Waals surface area contributed by atoms with Gasteiger partial charge in [0.25, 0.3) is 0 Å². The molecule has 0 spiro atoms. The van der Waals surface area contributed by atoms with Gasteiger partial charge in [-0.2, -0.15) is 0 Å². The largest absolute Gasteiger partial charge is 0.354 e. The molecule has 1 aromatic heterocycles. The monoisotopic (exact) mass is 227 g/mol. The molecule has 3 rings (SSSR count). The summed E-state index contributed by atoms with van der Waals surface area (Å²) in [5.41, 5.74) is 1.31. The zero-order valence-electron chi connectivity index (χ0n) is 10.1. The van der Waals surface area contributed by atoms with E-state index in [1.54, 1.807) is 0 Å². The summed E-state index contributed by atoms with van der Waals surface area (Å²) in [6, 6.07) is 8.53. The SMILES string of the molecule is Cc1cccc2ccnc(N3CCNCC3)c12. The second-order valence-corrected chi connectivity index (χ2v) is 4.54. The Morgan fingerprint density at radius 1 is 1.18 bits per heavy atom. The Kier molecular flexibility index (Phi) is 2.69. The molecule has 0 amide bonds. The number of benzene rings is 1. The molecule has 1 aromatic carbocycles. The van der Waals surface area contributed by atoms with Gasteiger partial charge in [0.15, 0.2) is 0 Å². The van der Waals surface area contributed by atoms with Crippen molar-refractivity contribution in [3.8, 4) is 0 Å². The third kappa shape index (κ3) is 1.87. The molecule has 1 N–H and O–H groups in total. The maximum atomic E-state index is 4.59. The first-order valence-corrected chi connectivity index (χ1v) is 6.16. The number of rotatable bonds is 1. The summed E-state index contributed by atoms with van der Waals surface area (Å²) in [6.07, 6.45) is 1.92. The standard InChI is InChI=1S/C14H17N3/c1-11-3-2-4-12-5-6-16-14(13(11)12)17-9-7-15-8-10-17/h2-6,15H,7-10H2,1H3. The summed E-state index contributed by atoms with van der Waals surface area (Å²) in [5.74, 6) is 1.14. The predicted octanol–water partition coefficient (Wildman–Crippen LogP) is 1.95. The lowest BCUT2D eigenvalue weighted by Gasteiger charge is -2.29. The van der Waals surface area contributed by atoms with Crippen molar-refractivity contribution in [1.29, 1.82) is 0 Å². The molecule has 0 aliphatic carbocycles. The molecule has 0 saturated carbocycles. The molecule has 1 fully saturated rings. The van der Waals surface area contributed by atoms with Gasteiger partial charge >= 0.3 is 0 Å². The normalized spacial score (nSPS) is 16.4. The fraction of sp³-hybridized carbons (Fsp3) is 0.357. The smallest absolute Gasteiger partial charge is 0.136 e. The van der Waals surface area contributed by atoms with Crippen molar-refractivity contribution in [3.63, 3.8) is 0 Å². The van der Waals surface area contributed by atoms with Crippen molar-refractivity contribution in [2.75, 3.05) is 31.1 Å². The van der Waals surface area contributed by atoms with Crippen LogP contribution in [-0.2, 0) is 0 Å². The Labute approximate surface area is 101 Å². The van der Waals surface area contributed by atoms with E-state index in [4.69, 9.17) is 0 Å². The van der Waals surface area contributed by atoms with Crippen molar-refractivity contribution in [2.45, 2.75) is 6.92 Å². The van der Waals surface area contributed by atoms with E-state index in [0.29, 0.717) is 0 Å². The lowest BCUT2D eigenvalue weighted by molar-refractivity contribution is 0.586. The maximum absolute atomic E-state index is 4.59. The van der Waals surface area contributed by atoms with Gasteiger partial charge in [0.2, 0.25) is 0 Å². The Morgan fingerprint density at radius 2 is 2.00 bits per heavy atom. The van der Waals surface area contributed by atoms with Crippen LogP contribution in [0.5, 0.6) is 0 Å². The second-order valence-electron chi connectivity index (χ2n) is 4.54. The molecule has 0 atom stereocenters. The van der Waals surface area contributed by atoms with Crippen molar-refractivity contribution >= 4 is 16.6 Å². The summed E-state index contributed by atoms with van der Waals surface area (Å²) in [4.78, 5) is 6.97. The number of aromatic nitrogens is 1. The van der Waals surface area contributed by atoms with Gasteiger partial charge in [0, 0.05) is 37.8 Å². The number of anilines is 1. The first-order valence-electron chi connectivity index (χ1n) is 6.16. The van der Waals surface area contributed by atoms with E-state index in [9.17, 15) is 0 Å². The van der Waals surface area contributed by atoms with Gasteiger partial charge in [-0.3, -0.25) is 0 Å². The number of piperazine rings is 1. The lowest BCUT2D eigenvalue weighted by atomic mass is 10.1. The molecule has 88 valence electrons. The minimum absolute atomic E-state index is 1.04. The van der Waals surface area contributed by atoms with E-state index in [-0.39, 0.29) is 0 Å². The van der Waals surface area contributed by atoms with Crippen LogP contribution in [-0.4, -0.2) is 31.2 Å². The topological polar surface area (TPSA) is 28.2 Å². The molecule has 0 radical (unpaired) electrons. The van der Waals surface area contributed by atoms with E-state index in [1.165, 1.54) is 16.3 Å². The highest BCUT2D eigenvalue weighted by Crippen LogP contribution is 2.27. The zero-order chi connectivity index (χ0) is 11.7. The molecule has 0 bridgehead atoms. The van der Waals surface area contributed by atoms with Crippen LogP contribution in [0.15, 0.2) is 30.5 Å². The van der Waals surface area contributed by atoms with Gasteiger partial charge in [0.05, 0.1) is 0 Å².